The highest BCUT2D eigenvalue weighted by Crippen LogP contribution is 2.42. The molecule has 0 bridgehead atoms. The zero-order valence-electron chi connectivity index (χ0n) is 28.3. The van der Waals surface area contributed by atoms with Crippen LogP contribution in [0.1, 0.15) is 94.2 Å². The van der Waals surface area contributed by atoms with Crippen LogP contribution in [-0.2, 0) is 0 Å². The average molecular weight is 662 g/mol. The maximum atomic E-state index is 6.32. The van der Waals surface area contributed by atoms with Crippen molar-refractivity contribution >= 4 is 72.7 Å². The largest absolute Gasteiger partial charge is 0.223 e. The van der Waals surface area contributed by atoms with Crippen LogP contribution in [0.5, 0.6) is 0 Å². The molecule has 0 amide bonds. The first kappa shape index (κ1) is 34.4. The van der Waals surface area contributed by atoms with Crippen LogP contribution in [0.25, 0.3) is 33.4 Å². The fourth-order valence-electron chi connectivity index (χ4n) is 7.62. The van der Waals surface area contributed by atoms with E-state index in [1.807, 2.05) is 0 Å². The second-order valence-corrected chi connectivity index (χ2v) is 26.0. The van der Waals surface area contributed by atoms with E-state index in [0.717, 1.165) is 22.2 Å². The van der Waals surface area contributed by atoms with Gasteiger partial charge in [-0.25, -0.2) is 19.9 Å². The van der Waals surface area contributed by atoms with Crippen molar-refractivity contribution in [3.05, 3.63) is 45.4 Å². The Morgan fingerprint density at radius 2 is 0.795 bits per heavy atom. The second kappa shape index (κ2) is 13.1. The van der Waals surface area contributed by atoms with Gasteiger partial charge < -0.3 is 0 Å². The first-order chi connectivity index (χ1) is 20.6. The summed E-state index contributed by atoms with van der Waals surface area (Å²) in [7, 11) is -3.96. The summed E-state index contributed by atoms with van der Waals surface area (Å²) in [5.74, 6) is 7.26. The molecule has 0 N–H and O–H groups in total. The van der Waals surface area contributed by atoms with Gasteiger partial charge in [0.25, 0.3) is 0 Å². The van der Waals surface area contributed by atoms with Crippen LogP contribution in [0, 0.1) is 22.9 Å². The Kier molecular flexibility index (Phi) is 10.2. The predicted molar refractivity (Wildman–Crippen MR) is 196 cm³/mol. The lowest BCUT2D eigenvalue weighted by Crippen LogP contribution is -2.43. The molecule has 4 nitrogen and oxygen atoms in total. The van der Waals surface area contributed by atoms with Crippen molar-refractivity contribution in [1.29, 1.82) is 0 Å². The topological polar surface area (TPSA) is 51.6 Å². The Hall–Kier alpha value is -2.49. The molecule has 2 aromatic carbocycles. The predicted octanol–water partition coefficient (Wildman–Crippen LogP) is 11.2. The Bertz CT molecular complexity index is 1660. The SMILES string of the molecule is CC(C)[Si](C#Cc1ccc(C#C[Si](C(C)C)(C(C)C)C(C)C)c2nc3nc4cc(Cl)c(Cl)cc4nc3nc12)(C(C)C)C(C)C. The molecule has 0 radical (unpaired) electrons. The summed E-state index contributed by atoms with van der Waals surface area (Å²) in [5, 5.41) is 0.854. The molecule has 0 aliphatic carbocycles. The van der Waals surface area contributed by atoms with Crippen LogP contribution in [0.4, 0.5) is 0 Å². The van der Waals surface area contributed by atoms with Gasteiger partial charge in [-0.2, -0.15) is 0 Å². The highest BCUT2D eigenvalue weighted by atomic mass is 35.5. The quantitative estimate of drug-likeness (QED) is 0.117. The third-order valence-corrected chi connectivity index (χ3v) is 23.1. The molecule has 0 saturated carbocycles. The van der Waals surface area contributed by atoms with Crippen LogP contribution < -0.4 is 0 Å². The van der Waals surface area contributed by atoms with Crippen LogP contribution in [0.15, 0.2) is 24.3 Å². The smallest absolute Gasteiger partial charge is 0.199 e. The summed E-state index contributed by atoms with van der Waals surface area (Å²) in [6.07, 6.45) is 0. The summed E-state index contributed by atoms with van der Waals surface area (Å²) in [5.41, 5.74) is 16.2. The lowest BCUT2D eigenvalue weighted by atomic mass is 10.1. The third kappa shape index (κ3) is 6.04. The minimum absolute atomic E-state index is 0.427. The Balaban J connectivity index is 2.09. The minimum Gasteiger partial charge on any atom is -0.223 e. The van der Waals surface area contributed by atoms with Crippen molar-refractivity contribution in [2.45, 2.75) is 116 Å². The van der Waals surface area contributed by atoms with E-state index < -0.39 is 16.1 Å². The van der Waals surface area contributed by atoms with Gasteiger partial charge in [-0.3, -0.25) is 0 Å². The van der Waals surface area contributed by atoms with Gasteiger partial charge >= 0.3 is 0 Å². The maximum absolute atomic E-state index is 6.32. The maximum Gasteiger partial charge on any atom is 0.199 e. The minimum atomic E-state index is -1.98. The lowest BCUT2D eigenvalue weighted by Gasteiger charge is -2.38. The van der Waals surface area contributed by atoms with Crippen LogP contribution in [-0.4, -0.2) is 36.1 Å². The van der Waals surface area contributed by atoms with E-state index >= 15 is 0 Å². The molecule has 0 aliphatic rings. The van der Waals surface area contributed by atoms with Crippen molar-refractivity contribution in [2.75, 3.05) is 0 Å². The Labute approximate surface area is 276 Å². The zero-order chi connectivity index (χ0) is 32.7. The number of aromatic nitrogens is 4. The monoisotopic (exact) mass is 660 g/mol. The highest BCUT2D eigenvalue weighted by Gasteiger charge is 2.42. The van der Waals surface area contributed by atoms with E-state index in [4.69, 9.17) is 43.1 Å². The number of fused-ring (bicyclic) bond motifs is 3. The number of nitrogens with zero attached hydrogens (tertiary/aromatic N) is 4. The Morgan fingerprint density at radius 1 is 0.500 bits per heavy atom. The van der Waals surface area contributed by atoms with E-state index in [2.05, 4.69) is 118 Å². The number of rotatable bonds is 6. The molecule has 0 aliphatic heterocycles. The summed E-state index contributed by atoms with van der Waals surface area (Å²) in [6.45, 7) is 28.0. The van der Waals surface area contributed by atoms with Gasteiger partial charge in [-0.15, -0.1) is 11.1 Å². The average Bonchev–Trinajstić information content (AvgIpc) is 2.92. The second-order valence-electron chi connectivity index (χ2n) is 14.0. The van der Waals surface area contributed by atoms with E-state index in [-0.39, 0.29) is 0 Å². The fourth-order valence-corrected chi connectivity index (χ4v) is 18.4. The van der Waals surface area contributed by atoms with Gasteiger partial charge in [0.1, 0.15) is 27.2 Å². The van der Waals surface area contributed by atoms with E-state index in [1.54, 1.807) is 12.1 Å². The molecule has 4 aromatic rings. The van der Waals surface area contributed by atoms with Gasteiger partial charge in [0, 0.05) is 0 Å². The highest BCUT2D eigenvalue weighted by molar-refractivity contribution is 6.91. The first-order valence-corrected chi connectivity index (χ1v) is 21.1. The van der Waals surface area contributed by atoms with Gasteiger partial charge in [0.15, 0.2) is 11.3 Å². The summed E-state index contributed by atoms with van der Waals surface area (Å²) >= 11 is 12.6. The van der Waals surface area contributed by atoms with Gasteiger partial charge in [-0.05, 0) is 57.5 Å². The molecule has 0 atom stereocenters. The van der Waals surface area contributed by atoms with E-state index in [9.17, 15) is 0 Å². The van der Waals surface area contributed by atoms with Crippen molar-refractivity contribution in [3.63, 3.8) is 0 Å². The lowest BCUT2D eigenvalue weighted by molar-refractivity contribution is 0.838. The van der Waals surface area contributed by atoms with Crippen LogP contribution >= 0.6 is 23.2 Å². The standard InChI is InChI=1S/C36H46Cl2N4Si2/c1-21(2)43(22(3)4,23(5)6)17-15-27-13-14-28(16-18-44(24(7)8,25(9)10)26(11)12)34-33(27)41-35-36(42-34)40-32-20-30(38)29(37)19-31(32)39-35/h13-14,19-26H,1-12H3. The normalized spacial score (nSPS) is 12.7. The van der Waals surface area contributed by atoms with Crippen molar-refractivity contribution in [3.8, 4) is 22.9 Å². The zero-order valence-corrected chi connectivity index (χ0v) is 31.8. The van der Waals surface area contributed by atoms with Crippen molar-refractivity contribution in [1.82, 2.24) is 19.9 Å². The molecule has 8 heteroatoms. The fraction of sp³-hybridized carbons (Fsp3) is 0.500. The molecular weight excluding hydrogens is 616 g/mol. The summed E-state index contributed by atoms with van der Waals surface area (Å²) < 4.78 is 0. The number of hydrogen-bond donors (Lipinski definition) is 0. The van der Waals surface area contributed by atoms with Gasteiger partial charge in [0.05, 0.1) is 32.2 Å². The number of halogens is 2. The molecule has 0 saturated heterocycles. The third-order valence-electron chi connectivity index (χ3n) is 9.82. The van der Waals surface area contributed by atoms with Gasteiger partial charge in [-0.1, -0.05) is 118 Å². The van der Waals surface area contributed by atoms with Crippen molar-refractivity contribution in [2.24, 2.45) is 0 Å². The molecule has 2 heterocycles. The van der Waals surface area contributed by atoms with Crippen LogP contribution in [0.3, 0.4) is 0 Å². The molecule has 232 valence electrons. The molecule has 0 spiro atoms. The molecule has 4 rings (SSSR count). The van der Waals surface area contributed by atoms with Gasteiger partial charge in [0.2, 0.25) is 0 Å². The Morgan fingerprint density at radius 3 is 1.07 bits per heavy atom. The van der Waals surface area contributed by atoms with E-state index in [1.165, 1.54) is 0 Å². The number of hydrogen-bond acceptors (Lipinski definition) is 4. The summed E-state index contributed by atoms with van der Waals surface area (Å²) in [6, 6.07) is 7.60. The van der Waals surface area contributed by atoms with Crippen LogP contribution in [0.2, 0.25) is 43.3 Å². The molecule has 0 unspecified atom stereocenters. The first-order valence-electron chi connectivity index (χ1n) is 15.9. The molecule has 44 heavy (non-hydrogen) atoms. The van der Waals surface area contributed by atoms with Crippen molar-refractivity contribution < 1.29 is 0 Å². The summed E-state index contributed by atoms with van der Waals surface area (Å²) in [4.78, 5) is 19.7. The van der Waals surface area contributed by atoms with E-state index in [0.29, 0.717) is 65.6 Å². The molecule has 2 aromatic heterocycles. The molecular formula is C36H46Cl2N4Si2. The molecule has 0 fully saturated rings. The number of benzene rings is 2.